The van der Waals surface area contributed by atoms with Gasteiger partial charge < -0.3 is 10.2 Å². The number of likely N-dealkylation sites (N-methyl/N-ethyl adjacent to an activating group) is 1. The molecule has 1 aromatic rings. The van der Waals surface area contributed by atoms with Crippen LogP contribution in [0.5, 0.6) is 0 Å². The average Bonchev–Trinajstić information content (AvgIpc) is 3.15. The molecule has 0 bridgehead atoms. The van der Waals surface area contributed by atoms with Crippen LogP contribution in [0.15, 0.2) is 36.4 Å². The number of hydrogen-bond acceptors (Lipinski definition) is 3. The SMILES string of the molecule is CCN1CCCC1CNC(=O)N1CCN(C/C=C/c2ccccc2)CC1. The highest BCUT2D eigenvalue weighted by molar-refractivity contribution is 5.74. The normalized spacial score (nSPS) is 22.2. The summed E-state index contributed by atoms with van der Waals surface area (Å²) in [6, 6.07) is 11.0. The number of carbonyl (C=O) groups excluding carboxylic acids is 1. The van der Waals surface area contributed by atoms with Crippen molar-refractivity contribution in [3.05, 3.63) is 42.0 Å². The minimum absolute atomic E-state index is 0.104. The molecule has 5 heteroatoms. The van der Waals surface area contributed by atoms with E-state index in [1.807, 2.05) is 11.0 Å². The van der Waals surface area contributed by atoms with Gasteiger partial charge in [-0.15, -0.1) is 0 Å². The largest absolute Gasteiger partial charge is 0.336 e. The van der Waals surface area contributed by atoms with Crippen LogP contribution in [-0.4, -0.2) is 79.1 Å². The molecular weight excluding hydrogens is 324 g/mol. The summed E-state index contributed by atoms with van der Waals surface area (Å²) in [5.41, 5.74) is 1.23. The Hall–Kier alpha value is -1.85. The number of nitrogens with one attached hydrogen (secondary N) is 1. The van der Waals surface area contributed by atoms with E-state index in [-0.39, 0.29) is 6.03 Å². The molecule has 0 aromatic heterocycles. The standard InChI is InChI=1S/C21H32N4O/c1-2-24-13-7-11-20(24)18-22-21(26)25-16-14-23(15-17-25)12-6-10-19-8-4-3-5-9-19/h3-6,8-10,20H,2,7,11-18H2,1H3,(H,22,26)/b10-6+. The van der Waals surface area contributed by atoms with Crippen LogP contribution in [0.2, 0.25) is 0 Å². The van der Waals surface area contributed by atoms with E-state index in [0.29, 0.717) is 6.04 Å². The van der Waals surface area contributed by atoms with Crippen molar-refractivity contribution in [3.8, 4) is 0 Å². The summed E-state index contributed by atoms with van der Waals surface area (Å²) in [5, 5.41) is 3.15. The summed E-state index contributed by atoms with van der Waals surface area (Å²) in [6.07, 6.45) is 6.84. The molecule has 2 aliphatic rings. The van der Waals surface area contributed by atoms with Crippen LogP contribution in [0, 0.1) is 0 Å². The van der Waals surface area contributed by atoms with Crippen molar-refractivity contribution in [1.29, 1.82) is 0 Å². The molecule has 0 saturated carbocycles. The topological polar surface area (TPSA) is 38.8 Å². The molecule has 1 aromatic carbocycles. The number of carbonyl (C=O) groups is 1. The first-order chi connectivity index (χ1) is 12.8. The predicted octanol–water partition coefficient (Wildman–Crippen LogP) is 2.51. The number of urea groups is 1. The van der Waals surface area contributed by atoms with Crippen LogP contribution >= 0.6 is 0 Å². The molecule has 2 fully saturated rings. The van der Waals surface area contributed by atoms with E-state index < -0.39 is 0 Å². The third-order valence-electron chi connectivity index (χ3n) is 5.53. The first-order valence-corrected chi connectivity index (χ1v) is 9.97. The summed E-state index contributed by atoms with van der Waals surface area (Å²) in [7, 11) is 0. The molecule has 5 nitrogen and oxygen atoms in total. The van der Waals surface area contributed by atoms with Gasteiger partial charge in [-0.05, 0) is 31.5 Å². The van der Waals surface area contributed by atoms with Crippen LogP contribution < -0.4 is 5.32 Å². The lowest BCUT2D eigenvalue weighted by Crippen LogP contribution is -2.53. The summed E-state index contributed by atoms with van der Waals surface area (Å²) >= 11 is 0. The minimum atomic E-state index is 0.104. The number of hydrogen-bond donors (Lipinski definition) is 1. The number of benzene rings is 1. The molecule has 0 spiro atoms. The second-order valence-corrected chi connectivity index (χ2v) is 7.21. The molecule has 1 N–H and O–H groups in total. The second kappa shape index (κ2) is 9.74. The Bertz CT molecular complexity index is 581. The highest BCUT2D eigenvalue weighted by Crippen LogP contribution is 2.15. The maximum absolute atomic E-state index is 12.4. The zero-order chi connectivity index (χ0) is 18.2. The maximum atomic E-state index is 12.4. The van der Waals surface area contributed by atoms with Gasteiger partial charge in [0.1, 0.15) is 0 Å². The Labute approximate surface area is 157 Å². The van der Waals surface area contributed by atoms with Crippen LogP contribution in [-0.2, 0) is 0 Å². The lowest BCUT2D eigenvalue weighted by atomic mass is 10.2. The van der Waals surface area contributed by atoms with Crippen molar-refractivity contribution in [2.45, 2.75) is 25.8 Å². The van der Waals surface area contributed by atoms with Gasteiger partial charge >= 0.3 is 6.03 Å². The van der Waals surface area contributed by atoms with Crippen molar-refractivity contribution in [2.75, 3.05) is 52.4 Å². The van der Waals surface area contributed by atoms with Gasteiger partial charge in [0.2, 0.25) is 0 Å². The monoisotopic (exact) mass is 356 g/mol. The third kappa shape index (κ3) is 5.32. The Morgan fingerprint density at radius 1 is 1.15 bits per heavy atom. The molecule has 0 radical (unpaired) electrons. The second-order valence-electron chi connectivity index (χ2n) is 7.21. The zero-order valence-corrected chi connectivity index (χ0v) is 15.9. The molecule has 142 valence electrons. The number of rotatable bonds is 6. The molecule has 1 atom stereocenters. The van der Waals surface area contributed by atoms with Gasteiger partial charge in [-0.25, -0.2) is 4.79 Å². The van der Waals surface area contributed by atoms with E-state index in [1.165, 1.54) is 24.9 Å². The number of likely N-dealkylation sites (tertiary alicyclic amines) is 1. The van der Waals surface area contributed by atoms with Crippen molar-refractivity contribution in [2.24, 2.45) is 0 Å². The first-order valence-electron chi connectivity index (χ1n) is 9.97. The Morgan fingerprint density at radius 3 is 2.65 bits per heavy atom. The molecule has 2 aliphatic heterocycles. The summed E-state index contributed by atoms with van der Waals surface area (Å²) in [5.74, 6) is 0. The van der Waals surface area contributed by atoms with Crippen molar-refractivity contribution < 1.29 is 4.79 Å². The van der Waals surface area contributed by atoms with E-state index in [4.69, 9.17) is 0 Å². The van der Waals surface area contributed by atoms with Crippen molar-refractivity contribution >= 4 is 12.1 Å². The summed E-state index contributed by atoms with van der Waals surface area (Å²) < 4.78 is 0. The number of piperazine rings is 1. The van der Waals surface area contributed by atoms with E-state index in [2.05, 4.69) is 58.5 Å². The molecule has 1 unspecified atom stereocenters. The Kier molecular flexibility index (Phi) is 7.09. The van der Waals surface area contributed by atoms with Crippen LogP contribution in [0.3, 0.4) is 0 Å². The first kappa shape index (κ1) is 18.9. The minimum Gasteiger partial charge on any atom is -0.336 e. The fraction of sp³-hybridized carbons (Fsp3) is 0.571. The summed E-state index contributed by atoms with van der Waals surface area (Å²) in [6.45, 7) is 9.69. The Morgan fingerprint density at radius 2 is 1.92 bits per heavy atom. The number of amides is 2. The van der Waals surface area contributed by atoms with Gasteiger partial charge in [0.15, 0.2) is 0 Å². The fourth-order valence-electron chi connectivity index (χ4n) is 3.90. The highest BCUT2D eigenvalue weighted by Gasteiger charge is 2.25. The predicted molar refractivity (Wildman–Crippen MR) is 107 cm³/mol. The van der Waals surface area contributed by atoms with Gasteiger partial charge in [-0.1, -0.05) is 49.4 Å². The molecule has 0 aliphatic carbocycles. The molecule has 3 rings (SSSR count). The lowest BCUT2D eigenvalue weighted by molar-refractivity contribution is 0.144. The van der Waals surface area contributed by atoms with Gasteiger partial charge in [0.05, 0.1) is 0 Å². The van der Waals surface area contributed by atoms with E-state index in [1.54, 1.807) is 0 Å². The third-order valence-corrected chi connectivity index (χ3v) is 5.53. The molecular formula is C21H32N4O. The quantitative estimate of drug-likeness (QED) is 0.851. The van der Waals surface area contributed by atoms with Crippen molar-refractivity contribution in [3.63, 3.8) is 0 Å². The van der Waals surface area contributed by atoms with Crippen LogP contribution in [0.25, 0.3) is 6.08 Å². The maximum Gasteiger partial charge on any atom is 0.317 e. The zero-order valence-electron chi connectivity index (χ0n) is 15.9. The van der Waals surface area contributed by atoms with Crippen LogP contribution in [0.4, 0.5) is 4.79 Å². The van der Waals surface area contributed by atoms with Gasteiger partial charge in [-0.2, -0.15) is 0 Å². The average molecular weight is 357 g/mol. The van der Waals surface area contributed by atoms with E-state index in [0.717, 1.165) is 45.8 Å². The van der Waals surface area contributed by atoms with E-state index in [9.17, 15) is 4.79 Å². The molecule has 2 amide bonds. The molecule has 2 saturated heterocycles. The highest BCUT2D eigenvalue weighted by atomic mass is 16.2. The molecule has 26 heavy (non-hydrogen) atoms. The van der Waals surface area contributed by atoms with Gasteiger partial charge in [0.25, 0.3) is 0 Å². The summed E-state index contributed by atoms with van der Waals surface area (Å²) in [4.78, 5) is 19.3. The lowest BCUT2D eigenvalue weighted by Gasteiger charge is -2.34. The fourth-order valence-corrected chi connectivity index (χ4v) is 3.90. The van der Waals surface area contributed by atoms with Gasteiger partial charge in [-0.3, -0.25) is 9.80 Å². The Balaban J connectivity index is 1.35. The van der Waals surface area contributed by atoms with Crippen molar-refractivity contribution in [1.82, 2.24) is 20.0 Å². The molecule has 2 heterocycles. The van der Waals surface area contributed by atoms with Crippen LogP contribution in [0.1, 0.15) is 25.3 Å². The van der Waals surface area contributed by atoms with E-state index >= 15 is 0 Å². The van der Waals surface area contributed by atoms with Gasteiger partial charge in [0, 0.05) is 45.3 Å². The smallest absolute Gasteiger partial charge is 0.317 e. The number of nitrogens with zero attached hydrogens (tertiary/aromatic N) is 3.